The van der Waals surface area contributed by atoms with E-state index >= 15 is 0 Å². The number of likely N-dealkylation sites (tertiary alicyclic amines) is 1. The first-order valence-electron chi connectivity index (χ1n) is 9.41. The van der Waals surface area contributed by atoms with Crippen LogP contribution < -0.4 is 10.2 Å². The maximum atomic E-state index is 12.7. The highest BCUT2D eigenvalue weighted by atomic mass is 16.2. The Hall–Kier alpha value is -2.04. The molecule has 0 spiro atoms. The fraction of sp³-hybridized carbons (Fsp3) is 0.600. The van der Waals surface area contributed by atoms with Crippen molar-refractivity contribution in [1.29, 1.82) is 0 Å². The van der Waals surface area contributed by atoms with E-state index in [1.807, 2.05) is 48.2 Å². The smallest absolute Gasteiger partial charge is 0.253 e. The fourth-order valence-electron chi connectivity index (χ4n) is 3.83. The zero-order chi connectivity index (χ0) is 17.8. The van der Waals surface area contributed by atoms with Gasteiger partial charge in [0.05, 0.1) is 0 Å². The Labute approximate surface area is 150 Å². The molecule has 1 saturated heterocycles. The van der Waals surface area contributed by atoms with Crippen LogP contribution in [0.1, 0.15) is 48.9 Å². The summed E-state index contributed by atoms with van der Waals surface area (Å²) in [6, 6.07) is 7.96. The molecule has 5 heteroatoms. The third-order valence-corrected chi connectivity index (χ3v) is 5.46. The van der Waals surface area contributed by atoms with Crippen LogP contribution in [0.25, 0.3) is 0 Å². The average molecular weight is 343 g/mol. The maximum Gasteiger partial charge on any atom is 0.253 e. The molecule has 2 fully saturated rings. The lowest BCUT2D eigenvalue weighted by Gasteiger charge is -2.33. The Morgan fingerprint density at radius 1 is 1.08 bits per heavy atom. The van der Waals surface area contributed by atoms with Crippen molar-refractivity contribution in [2.45, 2.75) is 44.6 Å². The van der Waals surface area contributed by atoms with E-state index in [0.717, 1.165) is 36.9 Å². The summed E-state index contributed by atoms with van der Waals surface area (Å²) in [5.74, 6) is 0.527. The molecule has 1 aliphatic carbocycles. The van der Waals surface area contributed by atoms with Crippen molar-refractivity contribution in [2.75, 3.05) is 32.1 Å². The summed E-state index contributed by atoms with van der Waals surface area (Å²) in [4.78, 5) is 28.9. The third-order valence-electron chi connectivity index (χ3n) is 5.46. The Morgan fingerprint density at radius 2 is 1.76 bits per heavy atom. The number of anilines is 1. The highest BCUT2D eigenvalue weighted by Gasteiger charge is 2.28. The average Bonchev–Trinajstić information content (AvgIpc) is 3.17. The van der Waals surface area contributed by atoms with E-state index in [4.69, 9.17) is 0 Å². The summed E-state index contributed by atoms with van der Waals surface area (Å²) in [5, 5.41) is 3.20. The molecule has 0 aromatic heterocycles. The number of benzene rings is 1. The Bertz CT molecular complexity index is 615. The number of rotatable bonds is 4. The lowest BCUT2D eigenvalue weighted by molar-refractivity contribution is -0.125. The standard InChI is InChI=1S/C20H29N3O2/c1-22(2)18-9-5-8-16(14-18)20(25)23-12-10-17(11-13-23)21-19(24)15-6-3-4-7-15/h5,8-9,14-15,17H,3-4,6-7,10-13H2,1-2H3,(H,21,24). The predicted molar refractivity (Wildman–Crippen MR) is 99.8 cm³/mol. The van der Waals surface area contributed by atoms with E-state index in [0.29, 0.717) is 13.1 Å². The van der Waals surface area contributed by atoms with Gasteiger partial charge < -0.3 is 15.1 Å². The van der Waals surface area contributed by atoms with Gasteiger partial charge in [-0.25, -0.2) is 0 Å². The van der Waals surface area contributed by atoms with Crippen molar-refractivity contribution in [2.24, 2.45) is 5.92 Å². The molecular weight excluding hydrogens is 314 g/mol. The number of carbonyl (C=O) groups excluding carboxylic acids is 2. The van der Waals surface area contributed by atoms with Gasteiger partial charge in [0.25, 0.3) is 5.91 Å². The minimum absolute atomic E-state index is 0.0873. The molecule has 1 aliphatic heterocycles. The van der Waals surface area contributed by atoms with Crippen LogP contribution >= 0.6 is 0 Å². The van der Waals surface area contributed by atoms with Gasteiger partial charge in [0.1, 0.15) is 0 Å². The van der Waals surface area contributed by atoms with Gasteiger partial charge in [0.2, 0.25) is 5.91 Å². The minimum Gasteiger partial charge on any atom is -0.378 e. The summed E-state index contributed by atoms with van der Waals surface area (Å²) >= 11 is 0. The Morgan fingerprint density at radius 3 is 2.40 bits per heavy atom. The summed E-state index contributed by atoms with van der Waals surface area (Å²) in [5.41, 5.74) is 1.77. The molecule has 3 rings (SSSR count). The van der Waals surface area contributed by atoms with Crippen LogP contribution in [0, 0.1) is 5.92 Å². The van der Waals surface area contributed by atoms with Crippen LogP contribution in [0.3, 0.4) is 0 Å². The second kappa shape index (κ2) is 7.89. The lowest BCUT2D eigenvalue weighted by atomic mass is 10.0. The van der Waals surface area contributed by atoms with E-state index < -0.39 is 0 Å². The number of carbonyl (C=O) groups is 2. The third kappa shape index (κ3) is 4.33. The van der Waals surface area contributed by atoms with E-state index in [1.165, 1.54) is 12.8 Å². The van der Waals surface area contributed by atoms with Gasteiger partial charge in [-0.2, -0.15) is 0 Å². The number of hydrogen-bond donors (Lipinski definition) is 1. The first kappa shape index (κ1) is 17.8. The van der Waals surface area contributed by atoms with E-state index in [1.54, 1.807) is 0 Å². The van der Waals surface area contributed by atoms with Crippen LogP contribution in [0.15, 0.2) is 24.3 Å². The van der Waals surface area contributed by atoms with E-state index in [2.05, 4.69) is 5.32 Å². The van der Waals surface area contributed by atoms with Crippen LogP contribution in [0.5, 0.6) is 0 Å². The molecular formula is C20H29N3O2. The molecule has 2 aliphatic rings. The van der Waals surface area contributed by atoms with Crippen molar-refractivity contribution < 1.29 is 9.59 Å². The molecule has 136 valence electrons. The minimum atomic E-state index is 0.0873. The first-order valence-corrected chi connectivity index (χ1v) is 9.41. The van der Waals surface area contributed by atoms with Crippen molar-refractivity contribution in [3.63, 3.8) is 0 Å². The van der Waals surface area contributed by atoms with Crippen molar-refractivity contribution in [3.8, 4) is 0 Å². The first-order chi connectivity index (χ1) is 12.0. The Kier molecular flexibility index (Phi) is 5.61. The normalized spacial score (nSPS) is 19.0. The van der Waals surface area contributed by atoms with Gasteiger partial charge in [-0.05, 0) is 43.9 Å². The van der Waals surface area contributed by atoms with Crippen LogP contribution in [0.2, 0.25) is 0 Å². The number of nitrogens with zero attached hydrogens (tertiary/aromatic N) is 2. The van der Waals surface area contributed by atoms with Gasteiger partial charge in [0, 0.05) is 50.4 Å². The van der Waals surface area contributed by atoms with E-state index in [9.17, 15) is 9.59 Å². The summed E-state index contributed by atoms with van der Waals surface area (Å²) < 4.78 is 0. The Balaban J connectivity index is 1.52. The number of hydrogen-bond acceptors (Lipinski definition) is 3. The summed E-state index contributed by atoms with van der Waals surface area (Å²) in [6.45, 7) is 1.42. The molecule has 0 unspecified atom stereocenters. The van der Waals surface area contributed by atoms with Crippen molar-refractivity contribution >= 4 is 17.5 Å². The van der Waals surface area contributed by atoms with E-state index in [-0.39, 0.29) is 23.8 Å². The molecule has 0 bridgehead atoms. The summed E-state index contributed by atoms with van der Waals surface area (Å²) in [6.07, 6.45) is 6.11. The van der Waals surface area contributed by atoms with Crippen LogP contribution in [0.4, 0.5) is 5.69 Å². The van der Waals surface area contributed by atoms with Crippen molar-refractivity contribution in [1.82, 2.24) is 10.2 Å². The fourth-order valence-corrected chi connectivity index (χ4v) is 3.83. The number of piperidine rings is 1. The monoisotopic (exact) mass is 343 g/mol. The maximum absolute atomic E-state index is 12.7. The molecule has 25 heavy (non-hydrogen) atoms. The predicted octanol–water partition coefficient (Wildman–Crippen LogP) is 2.66. The zero-order valence-corrected chi connectivity index (χ0v) is 15.3. The lowest BCUT2D eigenvalue weighted by Crippen LogP contribution is -2.47. The topological polar surface area (TPSA) is 52.7 Å². The van der Waals surface area contributed by atoms with Gasteiger partial charge in [-0.15, -0.1) is 0 Å². The highest BCUT2D eigenvalue weighted by molar-refractivity contribution is 5.95. The molecule has 1 aromatic carbocycles. The quantitative estimate of drug-likeness (QED) is 0.914. The van der Waals surface area contributed by atoms with Crippen LogP contribution in [-0.2, 0) is 4.79 Å². The van der Waals surface area contributed by atoms with Gasteiger partial charge >= 0.3 is 0 Å². The number of amides is 2. The number of nitrogens with one attached hydrogen (secondary N) is 1. The molecule has 1 aromatic rings. The second-order valence-corrected chi connectivity index (χ2v) is 7.50. The molecule has 2 amide bonds. The molecule has 0 atom stereocenters. The van der Waals surface area contributed by atoms with Crippen molar-refractivity contribution in [3.05, 3.63) is 29.8 Å². The van der Waals surface area contributed by atoms with Gasteiger partial charge in [0.15, 0.2) is 0 Å². The molecule has 5 nitrogen and oxygen atoms in total. The summed E-state index contributed by atoms with van der Waals surface area (Å²) in [7, 11) is 3.95. The highest BCUT2D eigenvalue weighted by Crippen LogP contribution is 2.25. The zero-order valence-electron chi connectivity index (χ0n) is 15.3. The second-order valence-electron chi connectivity index (χ2n) is 7.50. The van der Waals surface area contributed by atoms with Gasteiger partial charge in [-0.3, -0.25) is 9.59 Å². The van der Waals surface area contributed by atoms with Crippen LogP contribution in [-0.4, -0.2) is 49.9 Å². The van der Waals surface area contributed by atoms with Gasteiger partial charge in [-0.1, -0.05) is 18.9 Å². The molecule has 1 heterocycles. The SMILES string of the molecule is CN(C)c1cccc(C(=O)N2CCC(NC(=O)C3CCCC3)CC2)c1. The largest absolute Gasteiger partial charge is 0.378 e. The molecule has 1 saturated carbocycles. The molecule has 1 N–H and O–H groups in total. The molecule has 0 radical (unpaired) electrons.